The second-order valence-corrected chi connectivity index (χ2v) is 10.4. The van der Waals surface area contributed by atoms with Gasteiger partial charge in [0.2, 0.25) is 5.78 Å². The number of nitrogens with zero attached hydrogens (tertiary/aromatic N) is 2. The highest BCUT2D eigenvalue weighted by Gasteiger charge is 2.44. The fourth-order valence-corrected chi connectivity index (χ4v) is 5.49. The first kappa shape index (κ1) is 29.5. The van der Waals surface area contributed by atoms with Crippen LogP contribution >= 0.6 is 0 Å². The summed E-state index contributed by atoms with van der Waals surface area (Å²) in [6.07, 6.45) is 2.55. The number of unbranched alkanes of at least 4 members (excludes halogenated alkanes) is 1. The Morgan fingerprint density at radius 3 is 2.52 bits per heavy atom. The zero-order valence-electron chi connectivity index (χ0n) is 24.4. The topological polar surface area (TPSA) is 111 Å². The fourth-order valence-electron chi connectivity index (χ4n) is 5.49. The number of furan rings is 1. The lowest BCUT2D eigenvalue weighted by Gasteiger charge is -2.30. The lowest BCUT2D eigenvalue weighted by molar-refractivity contribution is -0.129. The zero-order valence-corrected chi connectivity index (χ0v) is 24.4. The van der Waals surface area contributed by atoms with Crippen LogP contribution in [0.1, 0.15) is 48.3 Å². The van der Waals surface area contributed by atoms with Crippen molar-refractivity contribution in [3.05, 3.63) is 65.1 Å². The first-order valence-electron chi connectivity index (χ1n) is 14.4. The second kappa shape index (κ2) is 13.3. The summed E-state index contributed by atoms with van der Waals surface area (Å²) < 4.78 is 28.3. The number of methoxy groups -OCH3 is 2. The summed E-state index contributed by atoms with van der Waals surface area (Å²) in [7, 11) is 3.07. The highest BCUT2D eigenvalue weighted by atomic mass is 16.5. The molecule has 1 atom stereocenters. The van der Waals surface area contributed by atoms with E-state index in [0.29, 0.717) is 66.6 Å². The summed E-state index contributed by atoms with van der Waals surface area (Å²) >= 11 is 0. The van der Waals surface area contributed by atoms with Crippen molar-refractivity contribution < 1.29 is 38.1 Å². The number of para-hydroxylation sites is 1. The molecule has 1 aromatic heterocycles. The van der Waals surface area contributed by atoms with E-state index in [4.69, 9.17) is 23.4 Å². The molecule has 10 nitrogen and oxygen atoms in total. The van der Waals surface area contributed by atoms with Gasteiger partial charge in [-0.1, -0.05) is 31.5 Å². The van der Waals surface area contributed by atoms with Gasteiger partial charge >= 0.3 is 0 Å². The fraction of sp³-hybridized carbons (Fsp3) is 0.438. The van der Waals surface area contributed by atoms with Gasteiger partial charge in [0.25, 0.3) is 5.91 Å². The lowest BCUT2D eigenvalue weighted by atomic mass is 9.94. The molecule has 1 saturated heterocycles. The van der Waals surface area contributed by atoms with Gasteiger partial charge in [-0.15, -0.1) is 0 Å². The number of hydrogen-bond donors (Lipinski definition) is 1. The minimum Gasteiger partial charge on any atom is -0.503 e. The number of morpholine rings is 1. The van der Waals surface area contributed by atoms with Gasteiger partial charge in [0.15, 0.2) is 34.4 Å². The summed E-state index contributed by atoms with van der Waals surface area (Å²) in [5, 5.41) is 11.8. The highest BCUT2D eigenvalue weighted by molar-refractivity contribution is 6.16. The molecule has 1 unspecified atom stereocenters. The van der Waals surface area contributed by atoms with E-state index in [0.717, 1.165) is 32.5 Å². The van der Waals surface area contributed by atoms with Crippen molar-refractivity contribution in [1.29, 1.82) is 0 Å². The number of carbonyl (C=O) groups excluding carboxylic acids is 2. The van der Waals surface area contributed by atoms with Crippen molar-refractivity contribution in [3.63, 3.8) is 0 Å². The summed E-state index contributed by atoms with van der Waals surface area (Å²) in [6.45, 7) is 6.76. The maximum atomic E-state index is 14.0. The molecule has 10 heteroatoms. The van der Waals surface area contributed by atoms with E-state index in [2.05, 4.69) is 11.8 Å². The molecule has 0 saturated carbocycles. The van der Waals surface area contributed by atoms with Gasteiger partial charge in [0.1, 0.15) is 0 Å². The van der Waals surface area contributed by atoms with Crippen LogP contribution in [0.4, 0.5) is 0 Å². The molecule has 2 aromatic carbocycles. The SMILES string of the molecule is CCCCOc1ccc(C2C(C(=O)c3cc4cccc(OC)c4o3)=C(O)C(=O)N2CCCN2CCOCC2)cc1OC. The van der Waals surface area contributed by atoms with Gasteiger partial charge in [0.05, 0.1) is 45.7 Å². The van der Waals surface area contributed by atoms with E-state index in [-0.39, 0.29) is 11.3 Å². The molecule has 1 N–H and O–H groups in total. The largest absolute Gasteiger partial charge is 0.503 e. The van der Waals surface area contributed by atoms with Gasteiger partial charge in [-0.2, -0.15) is 0 Å². The number of aliphatic hydroxyl groups excluding tert-OH is 1. The Bertz CT molecular complexity index is 1460. The standard InChI is InChI=1S/C32H38N2O8/c1-4-5-16-41-23-11-10-21(19-25(23)39-3)28-27(29(35)26-20-22-8-6-9-24(38-2)31(22)42-26)30(36)32(37)34(28)13-7-12-33-14-17-40-18-15-33/h6,8-11,19-20,28,36H,4-5,7,12-18H2,1-3H3. The Morgan fingerprint density at radius 2 is 1.79 bits per heavy atom. The molecule has 224 valence electrons. The third-order valence-corrected chi connectivity index (χ3v) is 7.74. The molecular weight excluding hydrogens is 540 g/mol. The minimum absolute atomic E-state index is 0.00972. The summed E-state index contributed by atoms with van der Waals surface area (Å²) in [4.78, 5) is 31.4. The molecule has 5 rings (SSSR count). The molecule has 3 heterocycles. The summed E-state index contributed by atoms with van der Waals surface area (Å²) in [6, 6.07) is 11.5. The third-order valence-electron chi connectivity index (χ3n) is 7.74. The molecule has 2 aliphatic rings. The van der Waals surface area contributed by atoms with Crippen molar-refractivity contribution in [2.45, 2.75) is 32.2 Å². The zero-order chi connectivity index (χ0) is 29.6. The molecule has 3 aromatic rings. The number of hydrogen-bond acceptors (Lipinski definition) is 9. The summed E-state index contributed by atoms with van der Waals surface area (Å²) in [5.74, 6) is -0.193. The van der Waals surface area contributed by atoms with Gasteiger partial charge in [-0.25, -0.2) is 0 Å². The van der Waals surface area contributed by atoms with Crippen molar-refractivity contribution in [3.8, 4) is 17.2 Å². The van der Waals surface area contributed by atoms with Gasteiger partial charge in [-0.05, 0) is 42.7 Å². The van der Waals surface area contributed by atoms with E-state index in [1.165, 1.54) is 7.11 Å². The first-order chi connectivity index (χ1) is 20.5. The van der Waals surface area contributed by atoms with E-state index in [9.17, 15) is 14.7 Å². The number of rotatable bonds is 13. The first-order valence-corrected chi connectivity index (χ1v) is 14.4. The Kier molecular flexibility index (Phi) is 9.34. The van der Waals surface area contributed by atoms with Crippen molar-refractivity contribution >= 4 is 22.7 Å². The van der Waals surface area contributed by atoms with Crippen LogP contribution in [0.15, 0.2) is 58.2 Å². The van der Waals surface area contributed by atoms with E-state index in [1.807, 2.05) is 12.1 Å². The number of carbonyl (C=O) groups is 2. The third kappa shape index (κ3) is 5.96. The number of fused-ring (bicyclic) bond motifs is 1. The van der Waals surface area contributed by atoms with Crippen LogP contribution in [0.5, 0.6) is 17.2 Å². The molecule has 0 bridgehead atoms. The van der Waals surface area contributed by atoms with Crippen LogP contribution in [0.3, 0.4) is 0 Å². The van der Waals surface area contributed by atoms with Crippen molar-refractivity contribution in [2.75, 3.05) is 60.2 Å². The number of ketones is 1. The number of amides is 1. The number of ether oxygens (including phenoxy) is 4. The van der Waals surface area contributed by atoms with Crippen LogP contribution in [0.2, 0.25) is 0 Å². The average molecular weight is 579 g/mol. The molecule has 42 heavy (non-hydrogen) atoms. The highest BCUT2D eigenvalue weighted by Crippen LogP contribution is 2.42. The van der Waals surface area contributed by atoms with Crippen LogP contribution < -0.4 is 14.2 Å². The predicted octanol–water partition coefficient (Wildman–Crippen LogP) is 4.93. The van der Waals surface area contributed by atoms with Crippen LogP contribution in [-0.2, 0) is 9.53 Å². The van der Waals surface area contributed by atoms with Gasteiger partial charge in [0, 0.05) is 31.6 Å². The average Bonchev–Trinajstić information content (AvgIpc) is 3.57. The molecule has 0 aliphatic carbocycles. The Hall–Kier alpha value is -4.02. The van der Waals surface area contributed by atoms with E-state index < -0.39 is 23.5 Å². The molecule has 0 spiro atoms. The Balaban J connectivity index is 1.49. The molecular formula is C32H38N2O8. The predicted molar refractivity (Wildman–Crippen MR) is 156 cm³/mol. The maximum absolute atomic E-state index is 14.0. The minimum atomic E-state index is -0.844. The van der Waals surface area contributed by atoms with Gasteiger partial charge < -0.3 is 33.4 Å². The van der Waals surface area contributed by atoms with E-state index >= 15 is 0 Å². The van der Waals surface area contributed by atoms with Crippen LogP contribution in [0, 0.1) is 0 Å². The molecule has 2 aliphatic heterocycles. The van der Waals surface area contributed by atoms with Crippen LogP contribution in [-0.4, -0.2) is 86.8 Å². The normalized spacial score (nSPS) is 17.7. The smallest absolute Gasteiger partial charge is 0.290 e. The monoisotopic (exact) mass is 578 g/mol. The molecule has 1 amide bonds. The van der Waals surface area contributed by atoms with Crippen molar-refractivity contribution in [2.24, 2.45) is 0 Å². The van der Waals surface area contributed by atoms with Crippen molar-refractivity contribution in [1.82, 2.24) is 9.80 Å². The summed E-state index contributed by atoms with van der Waals surface area (Å²) in [5.41, 5.74) is 1.00. The number of benzene rings is 2. The number of aliphatic hydroxyl groups is 1. The lowest BCUT2D eigenvalue weighted by Crippen LogP contribution is -2.39. The van der Waals surface area contributed by atoms with Crippen LogP contribution in [0.25, 0.3) is 11.0 Å². The van der Waals surface area contributed by atoms with Gasteiger partial charge in [-0.3, -0.25) is 14.5 Å². The Morgan fingerprint density at radius 1 is 1.00 bits per heavy atom. The molecule has 1 fully saturated rings. The Labute approximate surface area is 245 Å². The van der Waals surface area contributed by atoms with E-state index in [1.54, 1.807) is 42.3 Å². The number of Topliss-reactive ketones (excluding diaryl/α,β-unsaturated/α-hetero) is 1. The molecule has 0 radical (unpaired) electrons. The maximum Gasteiger partial charge on any atom is 0.290 e. The quantitative estimate of drug-likeness (QED) is 0.223. The second-order valence-electron chi connectivity index (χ2n) is 10.4.